The van der Waals surface area contributed by atoms with E-state index in [-0.39, 0.29) is 17.9 Å². The van der Waals surface area contributed by atoms with E-state index in [0.29, 0.717) is 12.4 Å². The monoisotopic (exact) mass is 316 g/mol. The Morgan fingerprint density at radius 2 is 2.26 bits per heavy atom. The quantitative estimate of drug-likeness (QED) is 0.939. The van der Waals surface area contributed by atoms with Crippen LogP contribution in [0.1, 0.15) is 30.4 Å². The number of nitrogens with zero attached hydrogens (tertiary/aromatic N) is 3. The van der Waals surface area contributed by atoms with Gasteiger partial charge in [0, 0.05) is 25.2 Å². The summed E-state index contributed by atoms with van der Waals surface area (Å²) in [5, 5.41) is 7.07. The number of carbonyl (C=O) groups is 1. The van der Waals surface area contributed by atoms with Crippen molar-refractivity contribution in [1.29, 1.82) is 0 Å². The lowest BCUT2D eigenvalue weighted by Gasteiger charge is -2.37. The molecule has 0 spiro atoms. The van der Waals surface area contributed by atoms with Crippen LogP contribution in [0, 0.1) is 12.7 Å². The first-order chi connectivity index (χ1) is 11.0. The first-order valence-electron chi connectivity index (χ1n) is 7.85. The molecule has 0 saturated heterocycles. The summed E-state index contributed by atoms with van der Waals surface area (Å²) in [4.78, 5) is 14.5. The molecule has 0 aliphatic heterocycles. The SMILES string of the molecule is Cc1cnn(C)c1NC(=O)N(Cc1cccc(F)c1)C1CCC1. The number of carbonyl (C=O) groups excluding carboxylic acids is 1. The first kappa shape index (κ1) is 15.5. The molecule has 1 saturated carbocycles. The third-order valence-electron chi connectivity index (χ3n) is 4.37. The first-order valence-corrected chi connectivity index (χ1v) is 7.85. The smallest absolute Gasteiger partial charge is 0.317 e. The van der Waals surface area contributed by atoms with Gasteiger partial charge in [-0.15, -0.1) is 0 Å². The number of urea groups is 1. The fourth-order valence-electron chi connectivity index (χ4n) is 2.80. The van der Waals surface area contributed by atoms with E-state index < -0.39 is 0 Å². The van der Waals surface area contributed by atoms with Crippen molar-refractivity contribution in [3.8, 4) is 0 Å². The fourth-order valence-corrected chi connectivity index (χ4v) is 2.80. The van der Waals surface area contributed by atoms with Gasteiger partial charge in [-0.2, -0.15) is 5.10 Å². The van der Waals surface area contributed by atoms with Crippen molar-refractivity contribution in [3.05, 3.63) is 47.4 Å². The summed E-state index contributed by atoms with van der Waals surface area (Å²) >= 11 is 0. The van der Waals surface area contributed by atoms with Crippen LogP contribution in [0.5, 0.6) is 0 Å². The lowest BCUT2D eigenvalue weighted by molar-refractivity contribution is 0.143. The number of aryl methyl sites for hydroxylation is 2. The molecule has 0 bridgehead atoms. The van der Waals surface area contributed by atoms with Crippen molar-refractivity contribution in [1.82, 2.24) is 14.7 Å². The molecule has 6 heteroatoms. The lowest BCUT2D eigenvalue weighted by Crippen LogP contribution is -2.46. The summed E-state index contributed by atoms with van der Waals surface area (Å²) in [5.41, 5.74) is 1.72. The zero-order chi connectivity index (χ0) is 16.4. The Kier molecular flexibility index (Phi) is 4.32. The maximum absolute atomic E-state index is 13.4. The number of hydrogen-bond donors (Lipinski definition) is 1. The van der Waals surface area contributed by atoms with Crippen LogP contribution in [0.3, 0.4) is 0 Å². The highest BCUT2D eigenvalue weighted by atomic mass is 19.1. The second kappa shape index (κ2) is 6.40. The molecular formula is C17H21FN4O. The molecule has 1 heterocycles. The second-order valence-electron chi connectivity index (χ2n) is 6.07. The average Bonchev–Trinajstić information content (AvgIpc) is 2.76. The number of aromatic nitrogens is 2. The van der Waals surface area contributed by atoms with Crippen molar-refractivity contribution in [2.24, 2.45) is 7.05 Å². The summed E-state index contributed by atoms with van der Waals surface area (Å²) in [7, 11) is 1.79. The van der Waals surface area contributed by atoms with Gasteiger partial charge >= 0.3 is 6.03 Å². The van der Waals surface area contributed by atoms with E-state index in [9.17, 15) is 9.18 Å². The van der Waals surface area contributed by atoms with Gasteiger partial charge in [0.2, 0.25) is 0 Å². The van der Waals surface area contributed by atoms with E-state index in [1.807, 2.05) is 13.0 Å². The summed E-state index contributed by atoms with van der Waals surface area (Å²) in [5.74, 6) is 0.414. The number of hydrogen-bond acceptors (Lipinski definition) is 2. The number of nitrogens with one attached hydrogen (secondary N) is 1. The molecule has 1 aliphatic rings. The minimum Gasteiger partial charge on any atom is -0.317 e. The molecule has 1 N–H and O–H groups in total. The Labute approximate surface area is 135 Å². The Bertz CT molecular complexity index is 689. The summed E-state index contributed by atoms with van der Waals surface area (Å²) in [6.45, 7) is 2.31. The van der Waals surface area contributed by atoms with Crippen LogP contribution in [-0.2, 0) is 13.6 Å². The molecule has 0 atom stereocenters. The molecule has 1 aromatic carbocycles. The van der Waals surface area contributed by atoms with Crippen LogP contribution in [0.4, 0.5) is 15.0 Å². The van der Waals surface area contributed by atoms with Crippen molar-refractivity contribution >= 4 is 11.8 Å². The van der Waals surface area contributed by atoms with E-state index >= 15 is 0 Å². The van der Waals surface area contributed by atoms with E-state index in [0.717, 1.165) is 30.4 Å². The van der Waals surface area contributed by atoms with Crippen molar-refractivity contribution < 1.29 is 9.18 Å². The molecule has 0 radical (unpaired) electrons. The fraction of sp³-hybridized carbons (Fsp3) is 0.412. The summed E-state index contributed by atoms with van der Waals surface area (Å²) in [6, 6.07) is 6.46. The molecule has 1 fully saturated rings. The summed E-state index contributed by atoms with van der Waals surface area (Å²) < 4.78 is 15.0. The standard InChI is InChI=1S/C17H21FN4O/c1-12-10-19-21(2)16(12)20-17(23)22(15-7-4-8-15)11-13-5-3-6-14(18)9-13/h3,5-6,9-10,15H,4,7-8,11H2,1-2H3,(H,20,23). The number of anilines is 1. The van der Waals surface area contributed by atoms with E-state index in [1.165, 1.54) is 12.1 Å². The Hall–Kier alpha value is -2.37. The number of benzene rings is 1. The van der Waals surface area contributed by atoms with Crippen LogP contribution in [0.25, 0.3) is 0 Å². The van der Waals surface area contributed by atoms with Gasteiger partial charge in [-0.05, 0) is 43.9 Å². The van der Waals surface area contributed by atoms with E-state index in [1.54, 1.807) is 28.9 Å². The van der Waals surface area contributed by atoms with Gasteiger partial charge in [-0.25, -0.2) is 9.18 Å². The average molecular weight is 316 g/mol. The van der Waals surface area contributed by atoms with Crippen LogP contribution in [0.2, 0.25) is 0 Å². The Balaban J connectivity index is 1.77. The number of halogens is 1. The van der Waals surface area contributed by atoms with Gasteiger partial charge in [0.05, 0.1) is 6.20 Å². The van der Waals surface area contributed by atoms with Crippen molar-refractivity contribution in [2.75, 3.05) is 5.32 Å². The Morgan fingerprint density at radius 1 is 1.48 bits per heavy atom. The Morgan fingerprint density at radius 3 is 2.83 bits per heavy atom. The van der Waals surface area contributed by atoms with E-state index in [2.05, 4.69) is 10.4 Å². The molecule has 2 aromatic rings. The maximum atomic E-state index is 13.4. The van der Waals surface area contributed by atoms with Gasteiger partial charge in [0.1, 0.15) is 11.6 Å². The molecule has 23 heavy (non-hydrogen) atoms. The highest BCUT2D eigenvalue weighted by Gasteiger charge is 2.29. The molecule has 1 aromatic heterocycles. The second-order valence-corrected chi connectivity index (χ2v) is 6.07. The molecule has 122 valence electrons. The third-order valence-corrected chi connectivity index (χ3v) is 4.37. The zero-order valence-electron chi connectivity index (χ0n) is 13.4. The highest BCUT2D eigenvalue weighted by molar-refractivity contribution is 5.89. The minimum atomic E-state index is -0.279. The molecule has 5 nitrogen and oxygen atoms in total. The topological polar surface area (TPSA) is 50.2 Å². The van der Waals surface area contributed by atoms with Crippen molar-refractivity contribution in [2.45, 2.75) is 38.8 Å². The van der Waals surface area contributed by atoms with Crippen LogP contribution in [0.15, 0.2) is 30.5 Å². The summed E-state index contributed by atoms with van der Waals surface area (Å²) in [6.07, 6.45) is 4.83. The number of rotatable bonds is 4. The van der Waals surface area contributed by atoms with Crippen LogP contribution >= 0.6 is 0 Å². The van der Waals surface area contributed by atoms with Crippen LogP contribution in [-0.4, -0.2) is 26.8 Å². The van der Waals surface area contributed by atoms with E-state index in [4.69, 9.17) is 0 Å². The molecule has 2 amide bonds. The van der Waals surface area contributed by atoms with Gasteiger partial charge < -0.3 is 4.90 Å². The maximum Gasteiger partial charge on any atom is 0.323 e. The normalized spacial score (nSPS) is 14.4. The van der Waals surface area contributed by atoms with Gasteiger partial charge in [-0.3, -0.25) is 10.00 Å². The largest absolute Gasteiger partial charge is 0.323 e. The predicted molar refractivity (Wildman–Crippen MR) is 86.5 cm³/mol. The molecule has 0 unspecified atom stereocenters. The lowest BCUT2D eigenvalue weighted by atomic mass is 9.91. The minimum absolute atomic E-state index is 0.161. The van der Waals surface area contributed by atoms with Gasteiger partial charge in [-0.1, -0.05) is 12.1 Å². The van der Waals surface area contributed by atoms with Crippen molar-refractivity contribution in [3.63, 3.8) is 0 Å². The van der Waals surface area contributed by atoms with Gasteiger partial charge in [0.15, 0.2) is 0 Å². The number of amides is 2. The van der Waals surface area contributed by atoms with Gasteiger partial charge in [0.25, 0.3) is 0 Å². The third kappa shape index (κ3) is 3.36. The predicted octanol–water partition coefficient (Wildman–Crippen LogP) is 3.45. The highest BCUT2D eigenvalue weighted by Crippen LogP contribution is 2.27. The molecular weight excluding hydrogens is 295 g/mol. The molecule has 3 rings (SSSR count). The molecule has 1 aliphatic carbocycles. The van der Waals surface area contributed by atoms with Crippen LogP contribution < -0.4 is 5.32 Å². The zero-order valence-corrected chi connectivity index (χ0v) is 13.4.